The summed E-state index contributed by atoms with van der Waals surface area (Å²) in [7, 11) is 0. The van der Waals surface area contributed by atoms with Crippen molar-refractivity contribution in [1.82, 2.24) is 0 Å². The van der Waals surface area contributed by atoms with E-state index in [1.165, 1.54) is 6.08 Å². The minimum absolute atomic E-state index is 0.0302. The SMILES string of the molecule is CCOC(=O)c1sc(CC(=O)/C(C#N)=C/c2ccc(C)cc2)c(C(=O)OCC)c1C. The highest BCUT2D eigenvalue weighted by Gasteiger charge is 2.27. The Morgan fingerprint density at radius 2 is 1.63 bits per heavy atom. The molecule has 7 heteroatoms. The molecule has 30 heavy (non-hydrogen) atoms. The second-order valence-electron chi connectivity index (χ2n) is 6.48. The molecule has 0 saturated heterocycles. The van der Waals surface area contributed by atoms with Crippen molar-refractivity contribution in [3.05, 3.63) is 61.8 Å². The quantitative estimate of drug-likeness (QED) is 0.353. The van der Waals surface area contributed by atoms with Gasteiger partial charge in [-0.05, 0) is 44.9 Å². The summed E-state index contributed by atoms with van der Waals surface area (Å²) < 4.78 is 10.2. The Morgan fingerprint density at radius 1 is 1.03 bits per heavy atom. The molecule has 0 amide bonds. The van der Waals surface area contributed by atoms with Crippen LogP contribution in [0.2, 0.25) is 0 Å². The fraction of sp³-hybridized carbons (Fsp3) is 0.304. The van der Waals surface area contributed by atoms with E-state index in [0.29, 0.717) is 10.4 Å². The van der Waals surface area contributed by atoms with Gasteiger partial charge < -0.3 is 9.47 Å². The average molecular weight is 426 g/mol. The van der Waals surface area contributed by atoms with Crippen molar-refractivity contribution in [2.75, 3.05) is 13.2 Å². The molecule has 0 N–H and O–H groups in total. The molecule has 0 spiro atoms. The van der Waals surface area contributed by atoms with E-state index >= 15 is 0 Å². The van der Waals surface area contributed by atoms with Gasteiger partial charge in [0, 0.05) is 11.3 Å². The summed E-state index contributed by atoms with van der Waals surface area (Å²) >= 11 is 1.02. The van der Waals surface area contributed by atoms with Gasteiger partial charge in [-0.2, -0.15) is 5.26 Å². The molecule has 0 unspecified atom stereocenters. The van der Waals surface area contributed by atoms with Crippen molar-refractivity contribution < 1.29 is 23.9 Å². The molecule has 0 aliphatic heterocycles. The molecule has 0 radical (unpaired) electrons. The number of rotatable bonds is 8. The molecule has 156 valence electrons. The fourth-order valence-corrected chi connectivity index (χ4v) is 3.99. The Balaban J connectivity index is 2.41. The van der Waals surface area contributed by atoms with E-state index in [1.807, 2.05) is 37.3 Å². The third kappa shape index (κ3) is 5.43. The number of carbonyl (C=O) groups excluding carboxylic acids is 3. The molecular formula is C23H23NO5S. The highest BCUT2D eigenvalue weighted by atomic mass is 32.1. The number of allylic oxidation sites excluding steroid dienone is 1. The number of thiophene rings is 1. The standard InChI is InChI=1S/C23H23NO5S/c1-5-28-22(26)20-15(4)21(23(27)29-6-2)30-19(20)12-18(25)17(13-24)11-16-9-7-14(3)8-10-16/h7-11H,5-6,12H2,1-4H3/b17-11+. The second-order valence-corrected chi connectivity index (χ2v) is 7.58. The molecular weight excluding hydrogens is 402 g/mol. The van der Waals surface area contributed by atoms with Crippen LogP contribution in [0.3, 0.4) is 0 Å². The number of benzene rings is 1. The number of nitriles is 1. The molecule has 1 aromatic heterocycles. The smallest absolute Gasteiger partial charge is 0.348 e. The van der Waals surface area contributed by atoms with Gasteiger partial charge in [0.05, 0.1) is 24.4 Å². The van der Waals surface area contributed by atoms with Gasteiger partial charge in [0.15, 0.2) is 5.78 Å². The van der Waals surface area contributed by atoms with Crippen LogP contribution in [0.25, 0.3) is 6.08 Å². The van der Waals surface area contributed by atoms with Gasteiger partial charge in [0.25, 0.3) is 0 Å². The predicted molar refractivity (Wildman–Crippen MR) is 114 cm³/mol. The highest BCUT2D eigenvalue weighted by Crippen LogP contribution is 2.31. The van der Waals surface area contributed by atoms with E-state index < -0.39 is 17.7 Å². The first-order valence-electron chi connectivity index (χ1n) is 9.50. The lowest BCUT2D eigenvalue weighted by molar-refractivity contribution is -0.114. The van der Waals surface area contributed by atoms with Gasteiger partial charge in [0.1, 0.15) is 10.9 Å². The number of ether oxygens (including phenoxy) is 2. The summed E-state index contributed by atoms with van der Waals surface area (Å²) in [5.74, 6) is -1.61. The Morgan fingerprint density at radius 3 is 2.20 bits per heavy atom. The molecule has 1 aromatic carbocycles. The van der Waals surface area contributed by atoms with Gasteiger partial charge in [-0.3, -0.25) is 4.79 Å². The normalized spacial score (nSPS) is 11.0. The van der Waals surface area contributed by atoms with Gasteiger partial charge in [-0.15, -0.1) is 11.3 Å². The van der Waals surface area contributed by atoms with Crippen molar-refractivity contribution in [1.29, 1.82) is 5.26 Å². The first-order chi connectivity index (χ1) is 14.3. The summed E-state index contributed by atoms with van der Waals surface area (Å²) in [5, 5.41) is 9.47. The van der Waals surface area contributed by atoms with E-state index in [0.717, 1.165) is 22.5 Å². The highest BCUT2D eigenvalue weighted by molar-refractivity contribution is 7.14. The minimum Gasteiger partial charge on any atom is -0.462 e. The van der Waals surface area contributed by atoms with Gasteiger partial charge in [-0.1, -0.05) is 29.8 Å². The van der Waals surface area contributed by atoms with Crippen LogP contribution in [0.4, 0.5) is 0 Å². The maximum Gasteiger partial charge on any atom is 0.348 e. The first kappa shape index (κ1) is 23.0. The maximum atomic E-state index is 12.8. The molecule has 0 bridgehead atoms. The summed E-state index contributed by atoms with van der Waals surface area (Å²) in [6.07, 6.45) is 1.32. The zero-order valence-corrected chi connectivity index (χ0v) is 18.2. The van der Waals surface area contributed by atoms with E-state index in [-0.39, 0.29) is 35.6 Å². The number of carbonyl (C=O) groups is 3. The van der Waals surface area contributed by atoms with Crippen LogP contribution in [0, 0.1) is 25.2 Å². The van der Waals surface area contributed by atoms with E-state index in [1.54, 1.807) is 20.8 Å². The predicted octanol–water partition coefficient (Wildman–Crippen LogP) is 4.44. The lowest BCUT2D eigenvalue weighted by Crippen LogP contribution is -2.12. The number of aryl methyl sites for hydroxylation is 1. The number of Topliss-reactive ketones (excluding diaryl/α,β-unsaturated/α-hetero) is 1. The number of esters is 2. The maximum absolute atomic E-state index is 12.8. The molecule has 1 heterocycles. The number of nitrogens with zero attached hydrogens (tertiary/aromatic N) is 1. The van der Waals surface area contributed by atoms with Crippen molar-refractivity contribution in [2.45, 2.75) is 34.1 Å². The average Bonchev–Trinajstić information content (AvgIpc) is 3.03. The van der Waals surface area contributed by atoms with Crippen molar-refractivity contribution in [2.24, 2.45) is 0 Å². The van der Waals surface area contributed by atoms with E-state index in [4.69, 9.17) is 9.47 Å². The molecule has 0 atom stereocenters. The Hall–Kier alpha value is -3.24. The summed E-state index contributed by atoms with van der Waals surface area (Å²) in [6, 6.07) is 9.34. The molecule has 0 saturated carbocycles. The molecule has 0 aliphatic carbocycles. The van der Waals surface area contributed by atoms with Crippen LogP contribution >= 0.6 is 11.3 Å². The van der Waals surface area contributed by atoms with Crippen molar-refractivity contribution in [3.63, 3.8) is 0 Å². The number of ketones is 1. The minimum atomic E-state index is -0.606. The van der Waals surface area contributed by atoms with Crippen LogP contribution < -0.4 is 0 Å². The zero-order valence-electron chi connectivity index (χ0n) is 17.4. The summed E-state index contributed by atoms with van der Waals surface area (Å²) in [6.45, 7) is 7.28. The van der Waals surface area contributed by atoms with Crippen LogP contribution in [0.5, 0.6) is 0 Å². The lowest BCUT2D eigenvalue weighted by atomic mass is 10.0. The molecule has 0 aliphatic rings. The van der Waals surface area contributed by atoms with Gasteiger partial charge in [0.2, 0.25) is 0 Å². The molecule has 2 aromatic rings. The molecule has 0 fully saturated rings. The van der Waals surface area contributed by atoms with Crippen LogP contribution in [-0.2, 0) is 20.7 Å². The molecule has 2 rings (SSSR count). The van der Waals surface area contributed by atoms with Gasteiger partial charge in [-0.25, -0.2) is 9.59 Å². The Kier molecular flexibility index (Phi) is 8.07. The third-order valence-corrected chi connectivity index (χ3v) is 5.56. The van der Waals surface area contributed by atoms with Crippen LogP contribution in [0.1, 0.15) is 55.4 Å². The Labute approximate surface area is 179 Å². The third-order valence-electron chi connectivity index (χ3n) is 4.29. The van der Waals surface area contributed by atoms with E-state index in [2.05, 4.69) is 0 Å². The fourth-order valence-electron chi connectivity index (χ4n) is 2.81. The topological polar surface area (TPSA) is 93.5 Å². The van der Waals surface area contributed by atoms with E-state index in [9.17, 15) is 19.6 Å². The van der Waals surface area contributed by atoms with Gasteiger partial charge >= 0.3 is 11.9 Å². The summed E-state index contributed by atoms with van der Waals surface area (Å²) in [4.78, 5) is 38.2. The Bertz CT molecular complexity index is 1030. The first-order valence-corrected chi connectivity index (χ1v) is 10.3. The zero-order chi connectivity index (χ0) is 22.3. The number of hydrogen-bond acceptors (Lipinski definition) is 7. The van der Waals surface area contributed by atoms with Crippen molar-refractivity contribution in [3.8, 4) is 6.07 Å². The number of hydrogen-bond donors (Lipinski definition) is 0. The lowest BCUT2D eigenvalue weighted by Gasteiger charge is -2.05. The monoisotopic (exact) mass is 425 g/mol. The summed E-state index contributed by atoms with van der Waals surface area (Å²) in [5.41, 5.74) is 2.37. The largest absolute Gasteiger partial charge is 0.462 e. The molecule has 6 nitrogen and oxygen atoms in total. The van der Waals surface area contributed by atoms with Crippen LogP contribution in [-0.4, -0.2) is 30.9 Å². The van der Waals surface area contributed by atoms with Crippen LogP contribution in [0.15, 0.2) is 29.8 Å². The second kappa shape index (κ2) is 10.5. The van der Waals surface area contributed by atoms with Crippen molar-refractivity contribution >= 4 is 35.1 Å².